The zero-order valence-corrected chi connectivity index (χ0v) is 20.1. The number of hydrogen-bond acceptors (Lipinski definition) is 7. The van der Waals surface area contributed by atoms with Crippen molar-refractivity contribution < 1.29 is 28.6 Å². The molecule has 2 fully saturated rings. The van der Waals surface area contributed by atoms with E-state index >= 15 is 0 Å². The number of nitrogens with zero attached hydrogens (tertiary/aromatic N) is 2. The Morgan fingerprint density at radius 2 is 1.46 bits per heavy atom. The number of imide groups is 1. The van der Waals surface area contributed by atoms with E-state index in [1.165, 1.54) is 21.3 Å². The van der Waals surface area contributed by atoms with E-state index in [2.05, 4.69) is 0 Å². The summed E-state index contributed by atoms with van der Waals surface area (Å²) in [5, 5.41) is 2.11. The third-order valence-electron chi connectivity index (χ3n) is 6.26. The van der Waals surface area contributed by atoms with Crippen molar-refractivity contribution in [2.75, 3.05) is 31.3 Å². The van der Waals surface area contributed by atoms with Crippen LogP contribution in [0.2, 0.25) is 5.02 Å². The minimum absolute atomic E-state index is 0.373. The third-order valence-corrected chi connectivity index (χ3v) is 6.52. The number of amides is 2. The number of fused-ring (bicyclic) bond motifs is 1. The lowest BCUT2D eigenvalue weighted by atomic mass is 9.89. The van der Waals surface area contributed by atoms with E-state index in [-0.39, 0.29) is 5.91 Å². The first-order valence-corrected chi connectivity index (χ1v) is 11.3. The number of carbonyl (C=O) groups is 2. The van der Waals surface area contributed by atoms with Crippen molar-refractivity contribution in [2.24, 2.45) is 5.92 Å². The molecule has 0 aromatic heterocycles. The number of ether oxygens (including phenoxy) is 3. The third kappa shape index (κ3) is 3.66. The van der Waals surface area contributed by atoms with Gasteiger partial charge in [0, 0.05) is 10.6 Å². The fourth-order valence-electron chi connectivity index (χ4n) is 4.73. The SMILES string of the molecule is COc1ccc(C2C3C(=O)N(c4ccc(Cl)cc4)C(=O)C3ON2c2ccccc2)c(OC)c1OC. The van der Waals surface area contributed by atoms with Gasteiger partial charge < -0.3 is 14.2 Å². The number of hydroxylamine groups is 1. The highest BCUT2D eigenvalue weighted by atomic mass is 35.5. The molecule has 0 bridgehead atoms. The molecule has 2 heterocycles. The number of hydrogen-bond donors (Lipinski definition) is 0. The highest BCUT2D eigenvalue weighted by molar-refractivity contribution is 6.31. The summed E-state index contributed by atoms with van der Waals surface area (Å²) in [4.78, 5) is 34.6. The van der Waals surface area contributed by atoms with Gasteiger partial charge in [0.2, 0.25) is 11.7 Å². The van der Waals surface area contributed by atoms with Gasteiger partial charge in [-0.3, -0.25) is 14.4 Å². The zero-order chi connectivity index (χ0) is 24.7. The van der Waals surface area contributed by atoms with Crippen LogP contribution in [-0.4, -0.2) is 39.2 Å². The molecule has 2 amide bonds. The molecule has 2 aliphatic rings. The number of halogens is 1. The standard InChI is InChI=1S/C26H23ClN2O6/c1-32-19-14-13-18(22(33-2)23(19)34-3)21-20-24(35-29(21)17-7-5-4-6-8-17)26(31)28(25(20)30)16-11-9-15(27)10-12-16/h4-14,20-21,24H,1-3H3. The monoisotopic (exact) mass is 494 g/mol. The van der Waals surface area contributed by atoms with E-state index in [0.29, 0.717) is 39.2 Å². The minimum atomic E-state index is -1.01. The fourth-order valence-corrected chi connectivity index (χ4v) is 4.86. The lowest BCUT2D eigenvalue weighted by Gasteiger charge is -2.30. The number of para-hydroxylation sites is 1. The molecule has 9 heteroatoms. The maximum absolute atomic E-state index is 13.8. The summed E-state index contributed by atoms with van der Waals surface area (Å²) in [5.41, 5.74) is 1.76. The fraction of sp³-hybridized carbons (Fsp3) is 0.231. The topological polar surface area (TPSA) is 77.5 Å². The summed E-state index contributed by atoms with van der Waals surface area (Å²) >= 11 is 6.01. The number of carbonyl (C=O) groups excluding carboxylic acids is 2. The van der Waals surface area contributed by atoms with Gasteiger partial charge >= 0.3 is 0 Å². The smallest absolute Gasteiger partial charge is 0.266 e. The second kappa shape index (κ2) is 9.13. The average molecular weight is 495 g/mol. The Morgan fingerprint density at radius 1 is 0.771 bits per heavy atom. The van der Waals surface area contributed by atoms with Crippen LogP contribution in [0, 0.1) is 5.92 Å². The van der Waals surface area contributed by atoms with Crippen LogP contribution in [0.25, 0.3) is 0 Å². The first kappa shape index (κ1) is 23.0. The van der Waals surface area contributed by atoms with Gasteiger partial charge in [-0.1, -0.05) is 29.8 Å². The Labute approximate surface area is 207 Å². The Hall–Kier alpha value is -3.75. The van der Waals surface area contributed by atoms with Crippen LogP contribution in [0.3, 0.4) is 0 Å². The molecule has 3 aromatic carbocycles. The van der Waals surface area contributed by atoms with Crippen molar-refractivity contribution in [1.29, 1.82) is 0 Å². The second-order valence-corrected chi connectivity index (χ2v) is 8.51. The average Bonchev–Trinajstić information content (AvgIpc) is 3.39. The molecule has 35 heavy (non-hydrogen) atoms. The largest absolute Gasteiger partial charge is 0.493 e. The first-order chi connectivity index (χ1) is 17.0. The molecular formula is C26H23ClN2O6. The molecule has 0 saturated carbocycles. The van der Waals surface area contributed by atoms with Gasteiger partial charge in [0.25, 0.3) is 5.91 Å². The molecule has 5 rings (SSSR count). The normalized spacial score (nSPS) is 21.3. The summed E-state index contributed by atoms with van der Waals surface area (Å²) in [6.07, 6.45) is -1.01. The van der Waals surface area contributed by atoms with Crippen LogP contribution < -0.4 is 24.2 Å². The number of benzene rings is 3. The molecule has 0 N–H and O–H groups in total. The van der Waals surface area contributed by atoms with Crippen molar-refractivity contribution in [3.05, 3.63) is 77.3 Å². The predicted octanol–water partition coefficient (Wildman–Crippen LogP) is 4.42. The van der Waals surface area contributed by atoms with E-state index in [1.807, 2.05) is 30.3 Å². The van der Waals surface area contributed by atoms with Gasteiger partial charge in [0.15, 0.2) is 17.6 Å². The number of rotatable bonds is 6. The van der Waals surface area contributed by atoms with Crippen LogP contribution in [0.1, 0.15) is 11.6 Å². The van der Waals surface area contributed by atoms with Crippen LogP contribution in [0.4, 0.5) is 11.4 Å². The summed E-state index contributed by atoms with van der Waals surface area (Å²) in [6.45, 7) is 0. The van der Waals surface area contributed by atoms with E-state index in [0.717, 1.165) is 4.90 Å². The molecular weight excluding hydrogens is 472 g/mol. The van der Waals surface area contributed by atoms with Crippen molar-refractivity contribution in [3.63, 3.8) is 0 Å². The quantitative estimate of drug-likeness (QED) is 0.469. The molecule has 0 aliphatic carbocycles. The van der Waals surface area contributed by atoms with Crippen LogP contribution in [0.15, 0.2) is 66.7 Å². The Morgan fingerprint density at radius 3 is 2.09 bits per heavy atom. The molecule has 3 unspecified atom stereocenters. The van der Waals surface area contributed by atoms with Gasteiger partial charge in [0.1, 0.15) is 12.0 Å². The van der Waals surface area contributed by atoms with E-state index in [4.69, 9.17) is 30.6 Å². The van der Waals surface area contributed by atoms with Gasteiger partial charge in [-0.05, 0) is 48.5 Å². The molecule has 3 aromatic rings. The highest BCUT2D eigenvalue weighted by Gasteiger charge is 2.61. The summed E-state index contributed by atoms with van der Waals surface area (Å²) in [6, 6.07) is 18.7. The van der Waals surface area contributed by atoms with Crippen LogP contribution in [0.5, 0.6) is 17.2 Å². The summed E-state index contributed by atoms with van der Waals surface area (Å²) in [5.74, 6) is -0.382. The molecule has 0 spiro atoms. The molecule has 8 nitrogen and oxygen atoms in total. The van der Waals surface area contributed by atoms with E-state index in [9.17, 15) is 9.59 Å². The van der Waals surface area contributed by atoms with Crippen molar-refractivity contribution in [2.45, 2.75) is 12.1 Å². The van der Waals surface area contributed by atoms with Crippen molar-refractivity contribution in [3.8, 4) is 17.2 Å². The second-order valence-electron chi connectivity index (χ2n) is 8.07. The van der Waals surface area contributed by atoms with E-state index in [1.54, 1.807) is 41.5 Å². The Bertz CT molecular complexity index is 1270. The molecule has 0 radical (unpaired) electrons. The lowest BCUT2D eigenvalue weighted by molar-refractivity contribution is -0.126. The van der Waals surface area contributed by atoms with Gasteiger partial charge in [0.05, 0.1) is 32.7 Å². The number of anilines is 2. The number of methoxy groups -OCH3 is 3. The van der Waals surface area contributed by atoms with Crippen molar-refractivity contribution >= 4 is 34.8 Å². The van der Waals surface area contributed by atoms with E-state index < -0.39 is 24.0 Å². The maximum Gasteiger partial charge on any atom is 0.266 e. The molecule has 2 aliphatic heterocycles. The zero-order valence-electron chi connectivity index (χ0n) is 19.3. The van der Waals surface area contributed by atoms with Crippen molar-refractivity contribution in [1.82, 2.24) is 0 Å². The van der Waals surface area contributed by atoms with Crippen LogP contribution >= 0.6 is 11.6 Å². The summed E-state index contributed by atoms with van der Waals surface area (Å²) < 4.78 is 16.7. The Kier molecular flexibility index (Phi) is 6.00. The first-order valence-electron chi connectivity index (χ1n) is 10.9. The lowest BCUT2D eigenvalue weighted by Crippen LogP contribution is -2.37. The predicted molar refractivity (Wildman–Crippen MR) is 130 cm³/mol. The molecule has 2 saturated heterocycles. The van der Waals surface area contributed by atoms with Gasteiger partial charge in [-0.2, -0.15) is 0 Å². The molecule has 180 valence electrons. The highest BCUT2D eigenvalue weighted by Crippen LogP contribution is 2.52. The molecule has 3 atom stereocenters. The minimum Gasteiger partial charge on any atom is -0.493 e. The van der Waals surface area contributed by atoms with Crippen LogP contribution in [-0.2, 0) is 14.4 Å². The summed E-state index contributed by atoms with van der Waals surface area (Å²) in [7, 11) is 4.56. The Balaban J connectivity index is 1.65. The van der Waals surface area contributed by atoms with Gasteiger partial charge in [-0.25, -0.2) is 9.96 Å². The maximum atomic E-state index is 13.8. The van der Waals surface area contributed by atoms with Gasteiger partial charge in [-0.15, -0.1) is 0 Å².